The number of ether oxygens (including phenoxy) is 1. The summed E-state index contributed by atoms with van der Waals surface area (Å²) in [5.41, 5.74) is 0. The summed E-state index contributed by atoms with van der Waals surface area (Å²) in [6, 6.07) is -0.541. The lowest BCUT2D eigenvalue weighted by Crippen LogP contribution is -2.45. The molecule has 0 bridgehead atoms. The van der Waals surface area contributed by atoms with E-state index in [9.17, 15) is 19.8 Å². The minimum atomic E-state index is -0.664. The maximum atomic E-state index is 12.6. The topological polar surface area (TPSA) is 95.9 Å². The molecule has 0 radical (unpaired) electrons. The number of allylic oxidation sites excluding steroid dienone is 6. The summed E-state index contributed by atoms with van der Waals surface area (Å²) in [4.78, 5) is 24.7. The molecule has 0 fully saturated rings. The van der Waals surface area contributed by atoms with Gasteiger partial charge in [0.05, 0.1) is 25.4 Å². The van der Waals surface area contributed by atoms with E-state index in [2.05, 4.69) is 55.6 Å². The van der Waals surface area contributed by atoms with Gasteiger partial charge < -0.3 is 20.3 Å². The van der Waals surface area contributed by atoms with Crippen LogP contribution in [0.3, 0.4) is 0 Å². The van der Waals surface area contributed by atoms with Crippen molar-refractivity contribution in [3.63, 3.8) is 0 Å². The van der Waals surface area contributed by atoms with Crippen LogP contribution >= 0.6 is 0 Å². The summed E-state index contributed by atoms with van der Waals surface area (Å²) in [7, 11) is 0. The van der Waals surface area contributed by atoms with Crippen LogP contribution in [0.2, 0.25) is 0 Å². The molecule has 6 nitrogen and oxygen atoms in total. The minimum absolute atomic E-state index is 0.0112. The summed E-state index contributed by atoms with van der Waals surface area (Å²) < 4.78 is 5.50. The van der Waals surface area contributed by atoms with Gasteiger partial charge in [-0.2, -0.15) is 0 Å². The van der Waals surface area contributed by atoms with Gasteiger partial charge in [0.2, 0.25) is 5.91 Å². The number of amides is 1. The molecule has 2 unspecified atom stereocenters. The molecule has 0 saturated carbocycles. The zero-order valence-corrected chi connectivity index (χ0v) is 59.7. The van der Waals surface area contributed by atoms with Gasteiger partial charge in [-0.1, -0.05) is 391 Å². The van der Waals surface area contributed by atoms with Crippen molar-refractivity contribution in [1.29, 1.82) is 0 Å². The Balaban J connectivity index is 3.36. The molecular formula is C82H157NO5. The molecule has 0 aromatic rings. The van der Waals surface area contributed by atoms with Crippen molar-refractivity contribution in [2.45, 2.75) is 463 Å². The summed E-state index contributed by atoms with van der Waals surface area (Å²) >= 11 is 0. The van der Waals surface area contributed by atoms with E-state index < -0.39 is 12.1 Å². The third-order valence-corrected chi connectivity index (χ3v) is 18.9. The number of carbonyl (C=O) groups excluding carboxylic acids is 2. The molecule has 1 amide bonds. The maximum absolute atomic E-state index is 12.6. The Labute approximate surface area is 551 Å². The Kier molecular flexibility index (Phi) is 75.8. The molecule has 6 heteroatoms. The van der Waals surface area contributed by atoms with Gasteiger partial charge in [0.15, 0.2) is 0 Å². The first-order valence-electron chi connectivity index (χ1n) is 40.2. The van der Waals surface area contributed by atoms with Gasteiger partial charge in [-0.15, -0.1) is 0 Å². The second-order valence-electron chi connectivity index (χ2n) is 27.7. The van der Waals surface area contributed by atoms with Crippen molar-refractivity contribution in [2.75, 3.05) is 13.2 Å². The SMILES string of the molecule is CCCCC/C=C\C/C=C\CCCCCCCCCC(=O)OCCCCCCCCCCCCCC/C=C\CCCCCCCCCCCCCCCCCCC(=O)NC(CO)C(O)CCCCCCCCCCCCCCCCCCCCCCCC. The fourth-order valence-corrected chi connectivity index (χ4v) is 12.8. The highest BCUT2D eigenvalue weighted by molar-refractivity contribution is 5.76. The van der Waals surface area contributed by atoms with E-state index >= 15 is 0 Å². The fourth-order valence-electron chi connectivity index (χ4n) is 12.8. The van der Waals surface area contributed by atoms with Crippen molar-refractivity contribution in [1.82, 2.24) is 5.32 Å². The first-order valence-corrected chi connectivity index (χ1v) is 40.2. The number of unbranched alkanes of at least 4 members (excludes halogenated alkanes) is 59. The van der Waals surface area contributed by atoms with Gasteiger partial charge >= 0.3 is 5.97 Å². The van der Waals surface area contributed by atoms with E-state index in [-0.39, 0.29) is 18.5 Å². The molecule has 0 aromatic heterocycles. The van der Waals surface area contributed by atoms with Crippen LogP contribution in [-0.4, -0.2) is 47.4 Å². The van der Waals surface area contributed by atoms with E-state index in [1.165, 1.54) is 366 Å². The van der Waals surface area contributed by atoms with Crippen LogP contribution in [0.15, 0.2) is 36.5 Å². The first kappa shape index (κ1) is 86.1. The monoisotopic (exact) mass is 1240 g/mol. The molecule has 0 saturated heterocycles. The minimum Gasteiger partial charge on any atom is -0.466 e. The molecule has 0 spiro atoms. The first-order chi connectivity index (χ1) is 43.5. The number of aliphatic hydroxyl groups excluding tert-OH is 2. The highest BCUT2D eigenvalue weighted by atomic mass is 16.5. The van der Waals surface area contributed by atoms with Crippen molar-refractivity contribution in [3.05, 3.63) is 36.5 Å². The summed E-state index contributed by atoms with van der Waals surface area (Å²) in [5, 5.41) is 23.5. The van der Waals surface area contributed by atoms with Crippen LogP contribution in [0.4, 0.5) is 0 Å². The number of carbonyl (C=O) groups is 2. The molecular weight excluding hydrogens is 1080 g/mol. The maximum Gasteiger partial charge on any atom is 0.305 e. The van der Waals surface area contributed by atoms with Gasteiger partial charge in [0, 0.05) is 12.8 Å². The quantitative estimate of drug-likeness (QED) is 0.0320. The Hall–Kier alpha value is -1.92. The normalized spacial score (nSPS) is 12.6. The van der Waals surface area contributed by atoms with Crippen LogP contribution < -0.4 is 5.32 Å². The van der Waals surface area contributed by atoms with Crippen molar-refractivity contribution in [3.8, 4) is 0 Å². The van der Waals surface area contributed by atoms with Gasteiger partial charge in [-0.25, -0.2) is 0 Å². The van der Waals surface area contributed by atoms with E-state index in [1.54, 1.807) is 0 Å². The molecule has 2 atom stereocenters. The summed E-state index contributed by atoms with van der Waals surface area (Å²) in [6.45, 7) is 4.97. The Bertz CT molecular complexity index is 1430. The molecule has 0 heterocycles. The number of esters is 1. The second-order valence-corrected chi connectivity index (χ2v) is 27.7. The Morgan fingerprint density at radius 2 is 0.568 bits per heavy atom. The Morgan fingerprint density at radius 1 is 0.318 bits per heavy atom. The van der Waals surface area contributed by atoms with Crippen LogP contribution in [0.5, 0.6) is 0 Å². The molecule has 520 valence electrons. The molecule has 3 N–H and O–H groups in total. The second kappa shape index (κ2) is 77.5. The zero-order chi connectivity index (χ0) is 63.5. The van der Waals surface area contributed by atoms with E-state index in [0.29, 0.717) is 25.9 Å². The van der Waals surface area contributed by atoms with Crippen molar-refractivity contribution >= 4 is 11.9 Å². The average molecular weight is 1240 g/mol. The number of rotatable bonds is 76. The van der Waals surface area contributed by atoms with Crippen LogP contribution in [0.25, 0.3) is 0 Å². The highest BCUT2D eigenvalue weighted by Crippen LogP contribution is 2.20. The molecule has 0 aliphatic carbocycles. The predicted octanol–water partition coefficient (Wildman–Crippen LogP) is 26.6. The number of aliphatic hydroxyl groups is 2. The zero-order valence-electron chi connectivity index (χ0n) is 59.7. The van der Waals surface area contributed by atoms with Gasteiger partial charge in [-0.3, -0.25) is 9.59 Å². The molecule has 0 aliphatic heterocycles. The van der Waals surface area contributed by atoms with Crippen molar-refractivity contribution in [2.24, 2.45) is 0 Å². The van der Waals surface area contributed by atoms with Gasteiger partial charge in [-0.05, 0) is 83.5 Å². The van der Waals surface area contributed by atoms with Gasteiger partial charge in [0.25, 0.3) is 0 Å². The summed E-state index contributed by atoms with van der Waals surface area (Å²) in [6.07, 6.45) is 101. The fraction of sp³-hybridized carbons (Fsp3) is 0.902. The molecule has 0 aromatic carbocycles. The predicted molar refractivity (Wildman–Crippen MR) is 389 cm³/mol. The average Bonchev–Trinajstić information content (AvgIpc) is 3.58. The molecule has 88 heavy (non-hydrogen) atoms. The lowest BCUT2D eigenvalue weighted by atomic mass is 10.0. The lowest BCUT2D eigenvalue weighted by Gasteiger charge is -2.22. The molecule has 0 rings (SSSR count). The van der Waals surface area contributed by atoms with Crippen LogP contribution in [-0.2, 0) is 14.3 Å². The highest BCUT2D eigenvalue weighted by Gasteiger charge is 2.20. The third kappa shape index (κ3) is 73.1. The van der Waals surface area contributed by atoms with E-state index in [4.69, 9.17) is 4.74 Å². The number of hydrogen-bond acceptors (Lipinski definition) is 5. The van der Waals surface area contributed by atoms with E-state index in [1.807, 2.05) is 0 Å². The van der Waals surface area contributed by atoms with Crippen molar-refractivity contribution < 1.29 is 24.5 Å². The third-order valence-electron chi connectivity index (χ3n) is 18.9. The largest absolute Gasteiger partial charge is 0.466 e. The number of nitrogens with one attached hydrogen (secondary N) is 1. The standard InChI is InChI=1S/C82H157NO5/c1-3-5-7-9-11-13-15-17-19-21-22-23-36-39-43-46-50-54-58-62-66-70-74-80(85)79(78-84)83-81(86)75-71-67-63-59-55-51-47-44-40-37-34-32-30-28-26-24-25-27-29-31-33-35-38-41-45-49-53-57-61-65-69-73-77-88-82(87)76-72-68-64-60-56-52-48-42-20-18-16-14-12-10-8-6-4-2/h12,14,18,20,27,29,79-80,84-85H,3-11,13,15-17,19,21-26,28,30-78H2,1-2H3,(H,83,86)/b14-12-,20-18-,29-27-. The Morgan fingerprint density at radius 3 is 0.898 bits per heavy atom. The van der Waals surface area contributed by atoms with Crippen LogP contribution in [0, 0.1) is 0 Å². The van der Waals surface area contributed by atoms with E-state index in [0.717, 1.165) is 51.4 Å². The lowest BCUT2D eigenvalue weighted by molar-refractivity contribution is -0.143. The number of hydrogen-bond donors (Lipinski definition) is 3. The smallest absolute Gasteiger partial charge is 0.305 e. The molecule has 0 aliphatic rings. The van der Waals surface area contributed by atoms with Gasteiger partial charge in [0.1, 0.15) is 0 Å². The van der Waals surface area contributed by atoms with Crippen LogP contribution in [0.1, 0.15) is 450 Å². The summed E-state index contributed by atoms with van der Waals surface area (Å²) in [5.74, 6) is -0.0159.